The summed E-state index contributed by atoms with van der Waals surface area (Å²) in [7, 11) is 2.07. The van der Waals surface area contributed by atoms with E-state index < -0.39 is 0 Å². The Labute approximate surface area is 163 Å². The molecule has 5 nitrogen and oxygen atoms in total. The minimum absolute atomic E-state index is 0.190. The van der Waals surface area contributed by atoms with E-state index in [1.165, 1.54) is 26.9 Å². The summed E-state index contributed by atoms with van der Waals surface area (Å²) in [5.41, 5.74) is 4.86. The molecule has 5 rings (SSSR count). The largest absolute Gasteiger partial charge is 0.350 e. The predicted molar refractivity (Wildman–Crippen MR) is 109 cm³/mol. The molecule has 0 atom stereocenters. The van der Waals surface area contributed by atoms with Crippen molar-refractivity contribution in [2.45, 2.75) is 6.42 Å². The van der Waals surface area contributed by atoms with Crippen LogP contribution in [0.15, 0.2) is 60.8 Å². The third-order valence-corrected chi connectivity index (χ3v) is 5.76. The number of hydrogen-bond acceptors (Lipinski definition) is 3. The average molecular weight is 371 g/mol. The fourth-order valence-electron chi connectivity index (χ4n) is 4.25. The Morgan fingerprint density at radius 2 is 1.57 bits per heavy atom. The van der Waals surface area contributed by atoms with Gasteiger partial charge in [0.1, 0.15) is 0 Å². The topological polar surface area (TPSA) is 45.5 Å². The van der Waals surface area contributed by atoms with E-state index in [0.29, 0.717) is 17.8 Å². The van der Waals surface area contributed by atoms with E-state index in [1.807, 2.05) is 0 Å². The second-order valence-electron chi connectivity index (χ2n) is 7.45. The van der Waals surface area contributed by atoms with Crippen LogP contribution in [0.2, 0.25) is 0 Å². The van der Waals surface area contributed by atoms with E-state index in [-0.39, 0.29) is 11.8 Å². The number of benzene rings is 2. The fourth-order valence-corrected chi connectivity index (χ4v) is 4.25. The smallest absolute Gasteiger partial charge is 0.262 e. The van der Waals surface area contributed by atoms with Gasteiger partial charge in [-0.2, -0.15) is 0 Å². The van der Waals surface area contributed by atoms with Crippen molar-refractivity contribution in [3.63, 3.8) is 0 Å². The van der Waals surface area contributed by atoms with Crippen LogP contribution in [-0.2, 0) is 7.05 Å². The monoisotopic (exact) mass is 371 g/mol. The molecule has 0 bridgehead atoms. The molecule has 140 valence electrons. The summed E-state index contributed by atoms with van der Waals surface area (Å²) < 4.78 is 2.16. The first-order chi connectivity index (χ1) is 13.6. The minimum atomic E-state index is -0.190. The van der Waals surface area contributed by atoms with Gasteiger partial charge in [-0.25, -0.2) is 0 Å². The van der Waals surface area contributed by atoms with Gasteiger partial charge in [0, 0.05) is 42.8 Å². The summed E-state index contributed by atoms with van der Waals surface area (Å²) in [5, 5.41) is 1.27. The Hall–Kier alpha value is -3.18. The van der Waals surface area contributed by atoms with Gasteiger partial charge >= 0.3 is 0 Å². The summed E-state index contributed by atoms with van der Waals surface area (Å²) in [4.78, 5) is 28.7. The molecule has 3 aromatic rings. The number of imide groups is 1. The highest BCUT2D eigenvalue weighted by molar-refractivity contribution is 6.21. The molecule has 0 fully saturated rings. The van der Waals surface area contributed by atoms with Crippen molar-refractivity contribution in [1.29, 1.82) is 0 Å². The van der Waals surface area contributed by atoms with Crippen LogP contribution in [0.1, 0.15) is 32.7 Å². The molecule has 0 radical (unpaired) electrons. The van der Waals surface area contributed by atoms with Crippen LogP contribution in [0, 0.1) is 0 Å². The van der Waals surface area contributed by atoms with Crippen molar-refractivity contribution in [1.82, 2.24) is 14.4 Å². The van der Waals surface area contributed by atoms with Crippen molar-refractivity contribution in [2.75, 3.05) is 19.8 Å². The summed E-state index contributed by atoms with van der Waals surface area (Å²) in [6, 6.07) is 15.5. The Morgan fingerprint density at radius 1 is 0.893 bits per heavy atom. The van der Waals surface area contributed by atoms with Crippen molar-refractivity contribution in [3.05, 3.63) is 77.5 Å². The Morgan fingerprint density at radius 3 is 2.25 bits per heavy atom. The van der Waals surface area contributed by atoms with E-state index >= 15 is 0 Å². The Balaban J connectivity index is 1.34. The summed E-state index contributed by atoms with van der Waals surface area (Å²) in [6.45, 7) is 1.89. The predicted octanol–water partition coefficient (Wildman–Crippen LogP) is 3.52. The Kier molecular flexibility index (Phi) is 3.91. The first-order valence-corrected chi connectivity index (χ1v) is 9.54. The number of para-hydroxylation sites is 1. The number of aromatic nitrogens is 1. The SMILES string of the molecule is Cn1cc(C2=CCN(CN3C(=O)c4ccccc4C3=O)CC2)c2ccccc21. The van der Waals surface area contributed by atoms with E-state index in [2.05, 4.69) is 53.1 Å². The first-order valence-electron chi connectivity index (χ1n) is 9.54. The zero-order valence-corrected chi connectivity index (χ0v) is 15.8. The van der Waals surface area contributed by atoms with Gasteiger partial charge in [-0.05, 0) is 30.2 Å². The molecular weight excluding hydrogens is 350 g/mol. The molecule has 3 heterocycles. The van der Waals surface area contributed by atoms with Crippen LogP contribution < -0.4 is 0 Å². The maximum atomic E-state index is 12.6. The maximum absolute atomic E-state index is 12.6. The van der Waals surface area contributed by atoms with Gasteiger partial charge in [0.2, 0.25) is 0 Å². The summed E-state index contributed by atoms with van der Waals surface area (Å²) in [6.07, 6.45) is 5.32. The highest BCUT2D eigenvalue weighted by Gasteiger charge is 2.36. The number of rotatable bonds is 3. The zero-order valence-electron chi connectivity index (χ0n) is 15.8. The molecular formula is C23H21N3O2. The Bertz CT molecular complexity index is 1110. The number of amides is 2. The normalized spacial score (nSPS) is 17.3. The van der Waals surface area contributed by atoms with Crippen molar-refractivity contribution >= 4 is 28.3 Å². The lowest BCUT2D eigenvalue weighted by Gasteiger charge is -2.29. The van der Waals surface area contributed by atoms with Crippen LogP contribution in [0.25, 0.3) is 16.5 Å². The third kappa shape index (κ3) is 2.59. The second-order valence-corrected chi connectivity index (χ2v) is 7.45. The quantitative estimate of drug-likeness (QED) is 0.662. The molecule has 2 aliphatic rings. The fraction of sp³-hybridized carbons (Fsp3) is 0.217. The van der Waals surface area contributed by atoms with E-state index in [9.17, 15) is 9.59 Å². The standard InChI is InChI=1S/C23H21N3O2/c1-24-14-20(17-6-4-5-9-21(17)24)16-10-12-25(13-11-16)15-26-22(27)18-7-2-3-8-19(18)23(26)28/h2-10,14H,11-13,15H2,1H3. The minimum Gasteiger partial charge on any atom is -0.350 e. The molecule has 2 aromatic carbocycles. The number of fused-ring (bicyclic) bond motifs is 2. The number of aryl methyl sites for hydroxylation is 1. The highest BCUT2D eigenvalue weighted by atomic mass is 16.2. The van der Waals surface area contributed by atoms with Gasteiger partial charge in [0.15, 0.2) is 0 Å². The third-order valence-electron chi connectivity index (χ3n) is 5.76. The molecule has 5 heteroatoms. The van der Waals surface area contributed by atoms with E-state index in [4.69, 9.17) is 0 Å². The molecule has 28 heavy (non-hydrogen) atoms. The number of carbonyl (C=O) groups excluding carboxylic acids is 2. The van der Waals surface area contributed by atoms with Gasteiger partial charge in [-0.3, -0.25) is 19.4 Å². The van der Waals surface area contributed by atoms with Gasteiger partial charge in [-0.15, -0.1) is 0 Å². The zero-order chi connectivity index (χ0) is 19.3. The van der Waals surface area contributed by atoms with Crippen molar-refractivity contribution in [3.8, 4) is 0 Å². The van der Waals surface area contributed by atoms with Crippen molar-refractivity contribution < 1.29 is 9.59 Å². The molecule has 0 saturated heterocycles. The lowest BCUT2D eigenvalue weighted by atomic mass is 9.99. The highest BCUT2D eigenvalue weighted by Crippen LogP contribution is 2.31. The molecule has 0 N–H and O–H groups in total. The van der Waals surface area contributed by atoms with Gasteiger partial charge in [-0.1, -0.05) is 36.4 Å². The van der Waals surface area contributed by atoms with Crippen LogP contribution in [0.3, 0.4) is 0 Å². The molecule has 2 amide bonds. The van der Waals surface area contributed by atoms with E-state index in [0.717, 1.165) is 19.5 Å². The summed E-state index contributed by atoms with van der Waals surface area (Å²) in [5.74, 6) is -0.381. The van der Waals surface area contributed by atoms with Gasteiger partial charge < -0.3 is 4.57 Å². The van der Waals surface area contributed by atoms with Crippen LogP contribution in [0.4, 0.5) is 0 Å². The number of nitrogens with zero attached hydrogens (tertiary/aromatic N) is 3. The summed E-state index contributed by atoms with van der Waals surface area (Å²) >= 11 is 0. The first kappa shape index (κ1) is 17.0. The molecule has 0 spiro atoms. The molecule has 0 saturated carbocycles. The number of hydrogen-bond donors (Lipinski definition) is 0. The molecule has 2 aliphatic heterocycles. The van der Waals surface area contributed by atoms with Crippen LogP contribution >= 0.6 is 0 Å². The molecule has 0 unspecified atom stereocenters. The van der Waals surface area contributed by atoms with Gasteiger partial charge in [0.25, 0.3) is 11.8 Å². The van der Waals surface area contributed by atoms with Crippen LogP contribution in [-0.4, -0.2) is 45.9 Å². The second kappa shape index (κ2) is 6.46. The maximum Gasteiger partial charge on any atom is 0.262 e. The lowest BCUT2D eigenvalue weighted by Crippen LogP contribution is -2.42. The number of carbonyl (C=O) groups is 2. The van der Waals surface area contributed by atoms with E-state index in [1.54, 1.807) is 24.3 Å². The average Bonchev–Trinajstić information content (AvgIpc) is 3.19. The van der Waals surface area contributed by atoms with Crippen molar-refractivity contribution in [2.24, 2.45) is 7.05 Å². The molecule has 1 aromatic heterocycles. The van der Waals surface area contributed by atoms with Crippen LogP contribution in [0.5, 0.6) is 0 Å². The van der Waals surface area contributed by atoms with Gasteiger partial charge in [0.05, 0.1) is 17.8 Å². The lowest BCUT2D eigenvalue weighted by molar-refractivity contribution is 0.0552. The molecule has 0 aliphatic carbocycles.